The van der Waals surface area contributed by atoms with Crippen LogP contribution in [0, 0.1) is 11.3 Å². The molecular weight excluding hydrogens is 274 g/mol. The first-order chi connectivity index (χ1) is 10.0. The van der Waals surface area contributed by atoms with Crippen LogP contribution in [0.25, 0.3) is 0 Å². The molecule has 0 bridgehead atoms. The van der Waals surface area contributed by atoms with Gasteiger partial charge in [-0.25, -0.2) is 8.78 Å². The molecule has 0 radical (unpaired) electrons. The molecule has 2 aliphatic carbocycles. The summed E-state index contributed by atoms with van der Waals surface area (Å²) in [7, 11) is 1.88. The predicted molar refractivity (Wildman–Crippen MR) is 74.0 cm³/mol. The first-order valence-corrected chi connectivity index (χ1v) is 7.97. The summed E-state index contributed by atoms with van der Waals surface area (Å²) in [6.45, 7) is 1.99. The topological polar surface area (TPSA) is 34.0 Å². The second-order valence-corrected chi connectivity index (χ2v) is 7.16. The molecule has 2 heterocycles. The van der Waals surface area contributed by atoms with Gasteiger partial charge in [-0.1, -0.05) is 5.21 Å². The molecule has 1 aromatic rings. The third-order valence-electron chi connectivity index (χ3n) is 5.72. The van der Waals surface area contributed by atoms with Crippen molar-refractivity contribution in [3.63, 3.8) is 0 Å². The molecule has 2 unspecified atom stereocenters. The quantitative estimate of drug-likeness (QED) is 0.854. The lowest BCUT2D eigenvalue weighted by Crippen LogP contribution is -2.37. The van der Waals surface area contributed by atoms with Gasteiger partial charge in [0.05, 0.1) is 11.1 Å². The van der Waals surface area contributed by atoms with E-state index in [1.54, 1.807) is 4.68 Å². The van der Waals surface area contributed by atoms with Crippen LogP contribution in [0.1, 0.15) is 37.8 Å². The summed E-state index contributed by atoms with van der Waals surface area (Å²) < 4.78 is 28.4. The maximum absolute atomic E-state index is 13.3. The van der Waals surface area contributed by atoms with Crippen molar-refractivity contribution < 1.29 is 8.78 Å². The van der Waals surface area contributed by atoms with Crippen molar-refractivity contribution in [2.75, 3.05) is 13.1 Å². The van der Waals surface area contributed by atoms with Crippen LogP contribution in [0.4, 0.5) is 8.78 Å². The third kappa shape index (κ3) is 2.28. The van der Waals surface area contributed by atoms with E-state index >= 15 is 0 Å². The Balaban J connectivity index is 1.23. The molecule has 3 aliphatic rings. The number of aromatic nitrogens is 3. The van der Waals surface area contributed by atoms with Crippen molar-refractivity contribution in [2.24, 2.45) is 18.4 Å². The number of likely N-dealkylation sites (tertiary alicyclic amines) is 1. The second kappa shape index (κ2) is 4.48. The molecule has 0 amide bonds. The van der Waals surface area contributed by atoms with Gasteiger partial charge in [-0.15, -0.1) is 5.10 Å². The van der Waals surface area contributed by atoms with Gasteiger partial charge in [-0.2, -0.15) is 0 Å². The smallest absolute Gasteiger partial charge is 0.256 e. The van der Waals surface area contributed by atoms with Crippen molar-refractivity contribution >= 4 is 0 Å². The van der Waals surface area contributed by atoms with Gasteiger partial charge in [0.1, 0.15) is 0 Å². The molecule has 0 N–H and O–H groups in total. The largest absolute Gasteiger partial charge is 0.300 e. The van der Waals surface area contributed by atoms with Gasteiger partial charge in [0, 0.05) is 25.7 Å². The van der Waals surface area contributed by atoms with Gasteiger partial charge in [-0.05, 0) is 51.1 Å². The van der Waals surface area contributed by atoms with Crippen LogP contribution in [0.15, 0.2) is 6.20 Å². The number of nitrogens with zero attached hydrogens (tertiary/aromatic N) is 4. The molecule has 1 spiro atoms. The highest BCUT2D eigenvalue weighted by molar-refractivity contribution is 5.28. The average Bonchev–Trinajstić information content (AvgIpc) is 3.23. The molecule has 0 aromatic carbocycles. The third-order valence-corrected chi connectivity index (χ3v) is 5.72. The molecule has 2 saturated carbocycles. The van der Waals surface area contributed by atoms with Crippen molar-refractivity contribution in [2.45, 2.75) is 50.5 Å². The van der Waals surface area contributed by atoms with E-state index in [1.807, 2.05) is 13.2 Å². The van der Waals surface area contributed by atoms with Crippen LogP contribution in [0.5, 0.6) is 0 Å². The number of piperidine rings is 1. The fraction of sp³-hybridized carbons (Fsp3) is 0.867. The van der Waals surface area contributed by atoms with Crippen LogP contribution in [-0.2, 0) is 13.5 Å². The summed E-state index contributed by atoms with van der Waals surface area (Å²) in [5.74, 6) is -1.65. The standard InChI is InChI=1S/C15H22F2N4/c1-20-9-12(18-19-20)3-2-11-4-6-21(7-5-11)13-8-14(13)10-15(14,16)17/h9,11,13H,2-8,10H2,1H3. The average molecular weight is 296 g/mol. The normalized spacial score (nSPS) is 35.3. The van der Waals surface area contributed by atoms with Crippen molar-refractivity contribution in [3.05, 3.63) is 11.9 Å². The molecule has 4 rings (SSSR count). The zero-order valence-corrected chi connectivity index (χ0v) is 12.4. The Kier molecular flexibility index (Phi) is 2.90. The molecule has 2 atom stereocenters. The molecule has 1 aromatic heterocycles. The predicted octanol–water partition coefficient (Wildman–Crippen LogP) is 2.26. The van der Waals surface area contributed by atoms with Crippen LogP contribution in [0.2, 0.25) is 0 Å². The van der Waals surface area contributed by atoms with Gasteiger partial charge in [-0.3, -0.25) is 9.58 Å². The minimum Gasteiger partial charge on any atom is -0.300 e. The van der Waals surface area contributed by atoms with E-state index in [4.69, 9.17) is 0 Å². The fourth-order valence-corrected chi connectivity index (χ4v) is 4.11. The van der Waals surface area contributed by atoms with Crippen LogP contribution < -0.4 is 0 Å². The maximum Gasteiger partial charge on any atom is 0.256 e. The van der Waals surface area contributed by atoms with Crippen LogP contribution in [0.3, 0.4) is 0 Å². The van der Waals surface area contributed by atoms with E-state index in [0.29, 0.717) is 5.92 Å². The molecule has 1 saturated heterocycles. The lowest BCUT2D eigenvalue weighted by Gasteiger charge is -2.32. The number of aryl methyl sites for hydroxylation is 2. The number of hydrogen-bond donors (Lipinski definition) is 0. The number of rotatable bonds is 4. The van der Waals surface area contributed by atoms with E-state index in [-0.39, 0.29) is 12.5 Å². The zero-order chi connectivity index (χ0) is 14.7. The summed E-state index contributed by atoms with van der Waals surface area (Å²) in [6, 6.07) is 0.174. The Morgan fingerprint density at radius 3 is 2.57 bits per heavy atom. The van der Waals surface area contributed by atoms with Crippen LogP contribution >= 0.6 is 0 Å². The minimum atomic E-state index is -2.36. The molecule has 116 valence electrons. The van der Waals surface area contributed by atoms with Crippen molar-refractivity contribution in [1.29, 1.82) is 0 Å². The van der Waals surface area contributed by atoms with Crippen molar-refractivity contribution in [3.8, 4) is 0 Å². The first kappa shape index (κ1) is 13.6. The first-order valence-electron chi connectivity index (χ1n) is 7.97. The Labute approximate surface area is 123 Å². The lowest BCUT2D eigenvalue weighted by molar-refractivity contribution is 0.0774. The highest BCUT2D eigenvalue weighted by atomic mass is 19.3. The zero-order valence-electron chi connectivity index (χ0n) is 12.4. The maximum atomic E-state index is 13.3. The van der Waals surface area contributed by atoms with E-state index in [0.717, 1.165) is 50.9 Å². The molecule has 3 fully saturated rings. The molecule has 21 heavy (non-hydrogen) atoms. The van der Waals surface area contributed by atoms with E-state index in [1.165, 1.54) is 0 Å². The van der Waals surface area contributed by atoms with Gasteiger partial charge in [0.25, 0.3) is 5.92 Å². The Hall–Kier alpha value is -1.04. The molecular formula is C15H22F2N4. The van der Waals surface area contributed by atoms with Crippen molar-refractivity contribution in [1.82, 2.24) is 19.9 Å². The highest BCUT2D eigenvalue weighted by Gasteiger charge is 2.84. The summed E-state index contributed by atoms with van der Waals surface area (Å²) in [4.78, 5) is 2.32. The Bertz CT molecular complexity index is 536. The van der Waals surface area contributed by atoms with E-state index in [2.05, 4.69) is 15.2 Å². The Morgan fingerprint density at radius 1 is 1.33 bits per heavy atom. The Morgan fingerprint density at radius 2 is 2.05 bits per heavy atom. The molecule has 1 aliphatic heterocycles. The molecule has 4 nitrogen and oxygen atoms in total. The summed E-state index contributed by atoms with van der Waals surface area (Å²) >= 11 is 0. The number of alkyl halides is 2. The summed E-state index contributed by atoms with van der Waals surface area (Å²) in [6.07, 6.45) is 7.22. The van der Waals surface area contributed by atoms with Gasteiger partial charge >= 0.3 is 0 Å². The summed E-state index contributed by atoms with van der Waals surface area (Å²) in [5.41, 5.74) is 0.457. The number of halogens is 2. The van der Waals surface area contributed by atoms with Gasteiger partial charge in [0.15, 0.2) is 0 Å². The second-order valence-electron chi connectivity index (χ2n) is 7.16. The minimum absolute atomic E-state index is 0.136. The van der Waals surface area contributed by atoms with Gasteiger partial charge in [0.2, 0.25) is 0 Å². The lowest BCUT2D eigenvalue weighted by atomic mass is 9.91. The van der Waals surface area contributed by atoms with E-state index < -0.39 is 11.3 Å². The van der Waals surface area contributed by atoms with Gasteiger partial charge < -0.3 is 0 Å². The fourth-order valence-electron chi connectivity index (χ4n) is 4.11. The molecule has 6 heteroatoms. The summed E-state index contributed by atoms with van der Waals surface area (Å²) in [5, 5.41) is 8.06. The monoisotopic (exact) mass is 296 g/mol. The number of hydrogen-bond acceptors (Lipinski definition) is 3. The highest BCUT2D eigenvalue weighted by Crippen LogP contribution is 2.77. The van der Waals surface area contributed by atoms with E-state index in [9.17, 15) is 8.78 Å². The van der Waals surface area contributed by atoms with Crippen LogP contribution in [-0.4, -0.2) is 44.9 Å². The SMILES string of the molecule is Cn1cc(CCC2CCN(C3CC34CC4(F)F)CC2)nn1.